The number of nitrogens with one attached hydrogen (secondary N) is 2. The lowest BCUT2D eigenvalue weighted by molar-refractivity contribution is -0.121. The monoisotopic (exact) mass is 404 g/mol. The average Bonchev–Trinajstić information content (AvgIpc) is 3.24. The van der Waals surface area contributed by atoms with Crippen molar-refractivity contribution >= 4 is 16.8 Å². The molecule has 5 nitrogen and oxygen atoms in total. The molecular weight excluding hydrogens is 379 g/mol. The predicted molar refractivity (Wildman–Crippen MR) is 116 cm³/mol. The van der Waals surface area contributed by atoms with Crippen LogP contribution in [-0.4, -0.2) is 20.7 Å². The zero-order valence-corrected chi connectivity index (χ0v) is 17.6. The summed E-state index contributed by atoms with van der Waals surface area (Å²) in [5, 5.41) is 8.34. The summed E-state index contributed by atoms with van der Waals surface area (Å²) >= 11 is 0. The number of rotatable bonds is 5. The van der Waals surface area contributed by atoms with Gasteiger partial charge in [-0.1, -0.05) is 30.3 Å². The molecule has 0 aliphatic rings. The molecule has 1 amide bonds. The van der Waals surface area contributed by atoms with Crippen molar-refractivity contribution in [3.63, 3.8) is 0 Å². The number of hydrogen-bond donors (Lipinski definition) is 2. The third-order valence-corrected chi connectivity index (χ3v) is 5.68. The van der Waals surface area contributed by atoms with E-state index in [9.17, 15) is 9.18 Å². The first-order chi connectivity index (χ1) is 14.4. The van der Waals surface area contributed by atoms with E-state index >= 15 is 0 Å². The van der Waals surface area contributed by atoms with Crippen molar-refractivity contribution in [2.45, 2.75) is 40.2 Å². The Bertz CT molecular complexity index is 1240. The number of H-pyrrole nitrogens is 1. The molecule has 0 aliphatic carbocycles. The largest absolute Gasteiger partial charge is 0.356 e. The number of aryl methyl sites for hydroxylation is 2. The fraction of sp³-hybridized carbons (Fsp3) is 0.250. The van der Waals surface area contributed by atoms with Gasteiger partial charge in [-0.3, -0.25) is 4.79 Å². The van der Waals surface area contributed by atoms with E-state index in [1.165, 1.54) is 6.07 Å². The van der Waals surface area contributed by atoms with Gasteiger partial charge >= 0.3 is 0 Å². The van der Waals surface area contributed by atoms with E-state index in [1.807, 2.05) is 62.7 Å². The Balaban J connectivity index is 1.53. The van der Waals surface area contributed by atoms with Crippen molar-refractivity contribution < 1.29 is 9.18 Å². The van der Waals surface area contributed by atoms with Crippen molar-refractivity contribution in [1.29, 1.82) is 0 Å². The van der Waals surface area contributed by atoms with Crippen LogP contribution in [-0.2, 0) is 11.2 Å². The van der Waals surface area contributed by atoms with Crippen LogP contribution >= 0.6 is 0 Å². The summed E-state index contributed by atoms with van der Waals surface area (Å²) in [4.78, 5) is 15.8. The number of nitrogens with zero attached hydrogens (tertiary/aromatic N) is 2. The van der Waals surface area contributed by atoms with E-state index in [4.69, 9.17) is 0 Å². The Hall–Kier alpha value is -3.41. The molecule has 0 spiro atoms. The molecule has 0 saturated heterocycles. The molecule has 2 heterocycles. The first-order valence-electron chi connectivity index (χ1n) is 10.0. The van der Waals surface area contributed by atoms with Crippen molar-refractivity contribution in [3.8, 4) is 5.69 Å². The normalized spacial score (nSPS) is 12.3. The number of carbonyl (C=O) groups excluding carboxylic acids is 1. The lowest BCUT2D eigenvalue weighted by Crippen LogP contribution is -2.28. The molecule has 0 aliphatic heterocycles. The maximum Gasteiger partial charge on any atom is 0.224 e. The summed E-state index contributed by atoms with van der Waals surface area (Å²) in [5.74, 6) is -0.423. The molecule has 2 aromatic carbocycles. The van der Waals surface area contributed by atoms with Gasteiger partial charge in [-0.05, 0) is 51.0 Å². The molecule has 6 heteroatoms. The highest BCUT2D eigenvalue weighted by molar-refractivity contribution is 5.90. The summed E-state index contributed by atoms with van der Waals surface area (Å²) < 4.78 is 15.9. The molecule has 30 heavy (non-hydrogen) atoms. The van der Waals surface area contributed by atoms with Crippen molar-refractivity contribution in [2.24, 2.45) is 0 Å². The summed E-state index contributed by atoms with van der Waals surface area (Å²) in [7, 11) is 0. The van der Waals surface area contributed by atoms with Crippen LogP contribution in [0.2, 0.25) is 0 Å². The van der Waals surface area contributed by atoms with Gasteiger partial charge in [-0.15, -0.1) is 0 Å². The Kier molecular flexibility index (Phi) is 5.16. The number of halogens is 1. The molecule has 1 atom stereocenters. The minimum absolute atomic E-state index is 0.112. The second-order valence-electron chi connectivity index (χ2n) is 7.74. The average molecular weight is 404 g/mol. The van der Waals surface area contributed by atoms with Crippen molar-refractivity contribution in [2.75, 3.05) is 0 Å². The van der Waals surface area contributed by atoms with E-state index < -0.39 is 0 Å². The van der Waals surface area contributed by atoms with Crippen molar-refractivity contribution in [1.82, 2.24) is 20.1 Å². The fourth-order valence-corrected chi connectivity index (χ4v) is 4.02. The van der Waals surface area contributed by atoms with Crippen LogP contribution in [0.4, 0.5) is 4.39 Å². The van der Waals surface area contributed by atoms with E-state index in [2.05, 4.69) is 15.4 Å². The van der Waals surface area contributed by atoms with Gasteiger partial charge in [-0.25, -0.2) is 9.07 Å². The number of aromatic nitrogens is 3. The summed E-state index contributed by atoms with van der Waals surface area (Å²) in [6.07, 6.45) is 1.99. The van der Waals surface area contributed by atoms with Crippen LogP contribution in [0.3, 0.4) is 0 Å². The SMILES string of the molecule is Cc1ccccc1-n1ncc(C(C)NC(=O)Cc2c(C)[nH]c3c(F)cccc23)c1C. The first kappa shape index (κ1) is 19.9. The molecule has 2 N–H and O–H groups in total. The number of benzene rings is 2. The van der Waals surface area contributed by atoms with Gasteiger partial charge in [0.15, 0.2) is 0 Å². The van der Waals surface area contributed by atoms with Gasteiger partial charge in [0.2, 0.25) is 5.91 Å². The Labute approximate surface area is 174 Å². The van der Waals surface area contributed by atoms with Gasteiger partial charge in [0.25, 0.3) is 0 Å². The highest BCUT2D eigenvalue weighted by Crippen LogP contribution is 2.26. The van der Waals surface area contributed by atoms with E-state index in [1.54, 1.807) is 12.3 Å². The van der Waals surface area contributed by atoms with E-state index in [0.717, 1.165) is 39.2 Å². The first-order valence-corrected chi connectivity index (χ1v) is 10.0. The van der Waals surface area contributed by atoms with Crippen LogP contribution in [0.5, 0.6) is 0 Å². The minimum atomic E-state index is -0.310. The van der Waals surface area contributed by atoms with Crippen LogP contribution < -0.4 is 5.32 Å². The number of para-hydroxylation sites is 2. The molecule has 0 radical (unpaired) electrons. The lowest BCUT2D eigenvalue weighted by atomic mass is 10.1. The number of amides is 1. The lowest BCUT2D eigenvalue weighted by Gasteiger charge is -2.15. The quantitative estimate of drug-likeness (QED) is 0.500. The fourth-order valence-electron chi connectivity index (χ4n) is 4.02. The second kappa shape index (κ2) is 7.78. The molecule has 0 saturated carbocycles. The molecular formula is C24H25FN4O. The number of carbonyl (C=O) groups is 1. The van der Waals surface area contributed by atoms with Crippen LogP contribution in [0.1, 0.15) is 41.0 Å². The summed E-state index contributed by atoms with van der Waals surface area (Å²) in [5.41, 5.74) is 6.19. The topological polar surface area (TPSA) is 62.7 Å². The zero-order valence-electron chi connectivity index (χ0n) is 17.6. The van der Waals surface area contributed by atoms with Gasteiger partial charge in [0.1, 0.15) is 5.82 Å². The maximum absolute atomic E-state index is 14.0. The highest BCUT2D eigenvalue weighted by atomic mass is 19.1. The zero-order chi connectivity index (χ0) is 21.4. The Morgan fingerprint density at radius 2 is 1.93 bits per heavy atom. The Morgan fingerprint density at radius 3 is 2.70 bits per heavy atom. The summed E-state index contributed by atoms with van der Waals surface area (Å²) in [6.45, 7) is 7.87. The van der Waals surface area contributed by atoms with Crippen LogP contribution in [0.15, 0.2) is 48.7 Å². The molecule has 2 aromatic heterocycles. The smallest absolute Gasteiger partial charge is 0.224 e. The Morgan fingerprint density at radius 1 is 1.17 bits per heavy atom. The molecule has 1 unspecified atom stereocenters. The van der Waals surface area contributed by atoms with E-state index in [-0.39, 0.29) is 24.2 Å². The third-order valence-electron chi connectivity index (χ3n) is 5.68. The molecule has 154 valence electrons. The number of fused-ring (bicyclic) bond motifs is 1. The van der Waals surface area contributed by atoms with Crippen LogP contribution in [0.25, 0.3) is 16.6 Å². The van der Waals surface area contributed by atoms with E-state index in [0.29, 0.717) is 5.52 Å². The van der Waals surface area contributed by atoms with Crippen molar-refractivity contribution in [3.05, 3.63) is 82.6 Å². The molecule has 0 bridgehead atoms. The highest BCUT2D eigenvalue weighted by Gasteiger charge is 2.19. The van der Waals surface area contributed by atoms with Gasteiger partial charge in [0, 0.05) is 22.3 Å². The maximum atomic E-state index is 14.0. The predicted octanol–water partition coefficient (Wildman–Crippen LogP) is 4.84. The summed E-state index contributed by atoms with van der Waals surface area (Å²) in [6, 6.07) is 12.8. The molecule has 4 rings (SSSR count). The molecule has 4 aromatic rings. The number of aromatic amines is 1. The minimum Gasteiger partial charge on any atom is -0.356 e. The molecule has 0 fully saturated rings. The van der Waals surface area contributed by atoms with Gasteiger partial charge in [0.05, 0.1) is 29.9 Å². The standard InChI is InChI=1S/C24H25FN4O/c1-14-8-5-6-11-22(14)29-17(4)20(13-26-29)16(3)27-23(30)12-19-15(2)28-24-18(19)9-7-10-21(24)25/h5-11,13,16,28H,12H2,1-4H3,(H,27,30). The third kappa shape index (κ3) is 3.49. The van der Waals surface area contributed by atoms with Crippen LogP contribution in [0, 0.1) is 26.6 Å². The van der Waals surface area contributed by atoms with Gasteiger partial charge < -0.3 is 10.3 Å². The van der Waals surface area contributed by atoms with Gasteiger partial charge in [-0.2, -0.15) is 5.10 Å². The second-order valence-corrected chi connectivity index (χ2v) is 7.74. The number of hydrogen-bond acceptors (Lipinski definition) is 2.